The summed E-state index contributed by atoms with van der Waals surface area (Å²) >= 11 is 0. The van der Waals surface area contributed by atoms with E-state index in [-0.39, 0.29) is 12.0 Å². The Bertz CT molecular complexity index is 737. The van der Waals surface area contributed by atoms with Gasteiger partial charge in [-0.15, -0.1) is 5.10 Å². The number of aromatic nitrogens is 3. The van der Waals surface area contributed by atoms with E-state index in [0.29, 0.717) is 11.7 Å². The van der Waals surface area contributed by atoms with Crippen molar-refractivity contribution >= 4 is 11.6 Å². The lowest BCUT2D eigenvalue weighted by molar-refractivity contribution is 0.102. The van der Waals surface area contributed by atoms with Crippen molar-refractivity contribution in [2.45, 2.75) is 38.8 Å². The van der Waals surface area contributed by atoms with Crippen molar-refractivity contribution in [1.29, 1.82) is 0 Å². The Morgan fingerprint density at radius 3 is 2.88 bits per heavy atom. The van der Waals surface area contributed by atoms with Crippen LogP contribution in [0, 0.1) is 6.92 Å². The molecule has 1 unspecified atom stereocenters. The molecule has 2 N–H and O–H groups in total. The fourth-order valence-corrected chi connectivity index (χ4v) is 3.14. The molecule has 1 aromatic carbocycles. The predicted molar refractivity (Wildman–Crippen MR) is 95.7 cm³/mol. The quantitative estimate of drug-likeness (QED) is 0.872. The Morgan fingerprint density at radius 1 is 1.40 bits per heavy atom. The lowest BCUT2D eigenvalue weighted by atomic mass is 10.1. The summed E-state index contributed by atoms with van der Waals surface area (Å²) in [6, 6.07) is 7.96. The first kappa shape index (κ1) is 17.6. The maximum Gasteiger partial charge on any atom is 0.278 e. The third kappa shape index (κ3) is 3.88. The SMILES string of the molecule is COC(C)c1cccc(NC(=O)c2nnn(C3CCNCC3)c2C)c1. The maximum absolute atomic E-state index is 12.6. The highest BCUT2D eigenvalue weighted by Gasteiger charge is 2.23. The molecule has 0 radical (unpaired) electrons. The lowest BCUT2D eigenvalue weighted by Gasteiger charge is -2.23. The van der Waals surface area contributed by atoms with Gasteiger partial charge in [-0.3, -0.25) is 4.79 Å². The second-order valence-electron chi connectivity index (χ2n) is 6.41. The number of benzene rings is 1. The summed E-state index contributed by atoms with van der Waals surface area (Å²) in [6.45, 7) is 5.81. The molecule has 1 atom stereocenters. The third-order valence-electron chi connectivity index (χ3n) is 4.76. The van der Waals surface area contributed by atoms with E-state index >= 15 is 0 Å². The van der Waals surface area contributed by atoms with E-state index in [9.17, 15) is 4.79 Å². The van der Waals surface area contributed by atoms with Gasteiger partial charge >= 0.3 is 0 Å². The number of ether oxygens (including phenoxy) is 1. The van der Waals surface area contributed by atoms with Gasteiger partial charge in [-0.1, -0.05) is 17.3 Å². The van der Waals surface area contributed by atoms with E-state index in [2.05, 4.69) is 20.9 Å². The zero-order chi connectivity index (χ0) is 17.8. The normalized spacial score (nSPS) is 16.6. The second-order valence-corrected chi connectivity index (χ2v) is 6.41. The van der Waals surface area contributed by atoms with Crippen LogP contribution in [0.4, 0.5) is 5.69 Å². The highest BCUT2D eigenvalue weighted by molar-refractivity contribution is 6.03. The zero-order valence-electron chi connectivity index (χ0n) is 15.0. The molecule has 1 saturated heterocycles. The van der Waals surface area contributed by atoms with Crippen LogP contribution in [0.3, 0.4) is 0 Å². The van der Waals surface area contributed by atoms with Gasteiger partial charge in [0.05, 0.1) is 17.8 Å². The first-order chi connectivity index (χ1) is 12.1. The fraction of sp³-hybridized carbons (Fsp3) is 0.500. The Balaban J connectivity index is 1.74. The molecule has 1 fully saturated rings. The number of rotatable bonds is 5. The Hall–Kier alpha value is -2.25. The van der Waals surface area contributed by atoms with Gasteiger partial charge in [-0.2, -0.15) is 0 Å². The van der Waals surface area contributed by atoms with Gasteiger partial charge in [0.15, 0.2) is 5.69 Å². The van der Waals surface area contributed by atoms with Gasteiger partial charge < -0.3 is 15.4 Å². The summed E-state index contributed by atoms with van der Waals surface area (Å²) in [5.41, 5.74) is 2.92. The molecule has 134 valence electrons. The van der Waals surface area contributed by atoms with E-state index < -0.39 is 0 Å². The molecular weight excluding hydrogens is 318 g/mol. The van der Waals surface area contributed by atoms with Crippen molar-refractivity contribution in [2.24, 2.45) is 0 Å². The minimum absolute atomic E-state index is 0.0284. The smallest absolute Gasteiger partial charge is 0.278 e. The number of nitrogens with one attached hydrogen (secondary N) is 2. The summed E-state index contributed by atoms with van der Waals surface area (Å²) in [6.07, 6.45) is 1.98. The summed E-state index contributed by atoms with van der Waals surface area (Å²) in [5.74, 6) is -0.236. The molecule has 2 heterocycles. The van der Waals surface area contributed by atoms with Gasteiger partial charge in [-0.05, 0) is 57.5 Å². The largest absolute Gasteiger partial charge is 0.377 e. The molecule has 1 aliphatic heterocycles. The van der Waals surface area contributed by atoms with Gasteiger partial charge in [0.25, 0.3) is 5.91 Å². The van der Waals surface area contributed by atoms with Crippen molar-refractivity contribution in [1.82, 2.24) is 20.3 Å². The molecule has 25 heavy (non-hydrogen) atoms. The van der Waals surface area contributed by atoms with Crippen LogP contribution in [0.5, 0.6) is 0 Å². The standard InChI is InChI=1S/C18H25N5O2/c1-12-17(21-22-23(12)16-7-9-19-10-8-16)18(24)20-15-6-4-5-14(11-15)13(2)25-3/h4-6,11,13,16,19H,7-10H2,1-3H3,(H,20,24). The van der Waals surface area contributed by atoms with Gasteiger partial charge in [0, 0.05) is 12.8 Å². The molecule has 1 aliphatic rings. The molecule has 0 aliphatic carbocycles. The summed E-state index contributed by atoms with van der Waals surface area (Å²) in [7, 11) is 1.67. The van der Waals surface area contributed by atoms with Crippen LogP contribution in [0.25, 0.3) is 0 Å². The number of carbonyl (C=O) groups excluding carboxylic acids is 1. The molecule has 2 aromatic rings. The first-order valence-corrected chi connectivity index (χ1v) is 8.66. The number of nitrogens with zero attached hydrogens (tertiary/aromatic N) is 3. The average molecular weight is 343 g/mol. The number of methoxy groups -OCH3 is 1. The maximum atomic E-state index is 12.6. The van der Waals surface area contributed by atoms with Crippen LogP contribution in [0.1, 0.15) is 53.7 Å². The summed E-state index contributed by atoms with van der Waals surface area (Å²) in [5, 5.41) is 14.6. The van der Waals surface area contributed by atoms with Crippen LogP contribution >= 0.6 is 0 Å². The van der Waals surface area contributed by atoms with E-state index in [4.69, 9.17) is 4.74 Å². The van der Waals surface area contributed by atoms with E-state index in [1.54, 1.807) is 7.11 Å². The van der Waals surface area contributed by atoms with Crippen LogP contribution < -0.4 is 10.6 Å². The third-order valence-corrected chi connectivity index (χ3v) is 4.76. The molecule has 0 saturated carbocycles. The summed E-state index contributed by atoms with van der Waals surface area (Å²) < 4.78 is 7.22. The number of amides is 1. The molecule has 1 amide bonds. The number of anilines is 1. The van der Waals surface area contributed by atoms with Crippen molar-refractivity contribution in [3.63, 3.8) is 0 Å². The summed E-state index contributed by atoms with van der Waals surface area (Å²) in [4.78, 5) is 12.6. The van der Waals surface area contributed by atoms with Crippen LogP contribution in [0.2, 0.25) is 0 Å². The van der Waals surface area contributed by atoms with Crippen LogP contribution in [0.15, 0.2) is 24.3 Å². The van der Waals surface area contributed by atoms with Gasteiger partial charge in [-0.25, -0.2) is 4.68 Å². The molecule has 0 bridgehead atoms. The van der Waals surface area contributed by atoms with E-state index in [1.807, 2.05) is 42.8 Å². The minimum atomic E-state index is -0.236. The molecule has 3 rings (SSSR count). The first-order valence-electron chi connectivity index (χ1n) is 8.66. The monoisotopic (exact) mass is 343 g/mol. The topological polar surface area (TPSA) is 81.1 Å². The fourth-order valence-electron chi connectivity index (χ4n) is 3.14. The van der Waals surface area contributed by atoms with Crippen molar-refractivity contribution in [3.05, 3.63) is 41.2 Å². The van der Waals surface area contributed by atoms with Crippen LogP contribution in [-0.4, -0.2) is 41.1 Å². The van der Waals surface area contributed by atoms with E-state index in [0.717, 1.165) is 42.9 Å². The highest BCUT2D eigenvalue weighted by Crippen LogP contribution is 2.22. The Labute approximate surface area is 147 Å². The number of hydrogen-bond donors (Lipinski definition) is 2. The molecular formula is C18H25N5O2. The second kappa shape index (κ2) is 7.76. The zero-order valence-corrected chi connectivity index (χ0v) is 15.0. The minimum Gasteiger partial charge on any atom is -0.377 e. The van der Waals surface area contributed by atoms with Crippen molar-refractivity contribution < 1.29 is 9.53 Å². The van der Waals surface area contributed by atoms with Gasteiger partial charge in [0.1, 0.15) is 0 Å². The molecule has 7 heteroatoms. The Morgan fingerprint density at radius 2 is 2.16 bits per heavy atom. The predicted octanol–water partition coefficient (Wildman–Crippen LogP) is 2.47. The number of hydrogen-bond acceptors (Lipinski definition) is 5. The van der Waals surface area contributed by atoms with Crippen molar-refractivity contribution in [3.8, 4) is 0 Å². The lowest BCUT2D eigenvalue weighted by Crippen LogP contribution is -2.30. The van der Waals surface area contributed by atoms with Crippen LogP contribution in [-0.2, 0) is 4.74 Å². The van der Waals surface area contributed by atoms with Gasteiger partial charge in [0.2, 0.25) is 0 Å². The number of piperidine rings is 1. The Kier molecular flexibility index (Phi) is 5.45. The average Bonchev–Trinajstić information content (AvgIpc) is 3.03. The van der Waals surface area contributed by atoms with Crippen molar-refractivity contribution in [2.75, 3.05) is 25.5 Å². The highest BCUT2D eigenvalue weighted by atomic mass is 16.5. The molecule has 1 aromatic heterocycles. The molecule has 0 spiro atoms. The number of carbonyl (C=O) groups is 1. The molecule has 7 nitrogen and oxygen atoms in total. The van der Waals surface area contributed by atoms with E-state index in [1.165, 1.54) is 0 Å².